The number of allylic oxidation sites excluding steroid dienone is 1. The molecule has 0 N–H and O–H groups in total. The van der Waals surface area contributed by atoms with Crippen LogP contribution in [0.25, 0.3) is 0 Å². The van der Waals surface area contributed by atoms with E-state index < -0.39 is 0 Å². The molecular weight excluding hydrogens is 211 g/mol. The normalized spacial score (nSPS) is 20.4. The molecular formula is C14H31BO2. The van der Waals surface area contributed by atoms with E-state index in [0.29, 0.717) is 0 Å². The van der Waals surface area contributed by atoms with Crippen molar-refractivity contribution in [1.29, 1.82) is 0 Å². The Morgan fingerprint density at radius 1 is 0.941 bits per heavy atom. The van der Waals surface area contributed by atoms with Crippen molar-refractivity contribution in [1.82, 2.24) is 0 Å². The van der Waals surface area contributed by atoms with Crippen molar-refractivity contribution in [2.45, 2.75) is 79.9 Å². The fourth-order valence-electron chi connectivity index (χ4n) is 1.12. The summed E-state index contributed by atoms with van der Waals surface area (Å²) in [5.74, 6) is 1.93. The Balaban J connectivity index is 0. The fraction of sp³-hybridized carbons (Fsp3) is 0.857. The van der Waals surface area contributed by atoms with Crippen molar-refractivity contribution >= 4 is 7.12 Å². The van der Waals surface area contributed by atoms with Crippen molar-refractivity contribution in [2.75, 3.05) is 0 Å². The van der Waals surface area contributed by atoms with Gasteiger partial charge in [0.05, 0.1) is 11.2 Å². The second kappa shape index (κ2) is 8.76. The first-order valence-corrected chi connectivity index (χ1v) is 6.79. The summed E-state index contributed by atoms with van der Waals surface area (Å²) in [5.41, 5.74) is -0.422. The van der Waals surface area contributed by atoms with Gasteiger partial charge in [-0.25, -0.2) is 0 Å². The number of hydrogen-bond donors (Lipinski definition) is 0. The van der Waals surface area contributed by atoms with Crippen LogP contribution in [0, 0.1) is 0 Å². The van der Waals surface area contributed by atoms with E-state index in [9.17, 15) is 0 Å². The van der Waals surface area contributed by atoms with Gasteiger partial charge in [0.25, 0.3) is 0 Å². The van der Waals surface area contributed by atoms with E-state index in [0.717, 1.165) is 0 Å². The van der Waals surface area contributed by atoms with Gasteiger partial charge in [0.2, 0.25) is 0 Å². The molecule has 3 heteroatoms. The van der Waals surface area contributed by atoms with Crippen molar-refractivity contribution in [3.8, 4) is 0 Å². The second-order valence-corrected chi connectivity index (χ2v) is 4.86. The summed E-state index contributed by atoms with van der Waals surface area (Å²) in [6.45, 7) is 18.4. The molecule has 1 saturated heterocycles. The summed E-state index contributed by atoms with van der Waals surface area (Å²) in [6.07, 6.45) is 3.20. The molecule has 0 bridgehead atoms. The highest BCUT2D eigenvalue weighted by molar-refractivity contribution is 6.51. The Morgan fingerprint density at radius 3 is 1.47 bits per heavy atom. The predicted octanol–water partition coefficient (Wildman–Crippen LogP) is 4.64. The summed E-state index contributed by atoms with van der Waals surface area (Å²) in [5, 5.41) is 0. The maximum Gasteiger partial charge on any atom is 0.486 e. The monoisotopic (exact) mass is 242 g/mol. The first kappa shape index (κ1) is 19.1. The number of hydrogen-bond acceptors (Lipinski definition) is 2. The molecule has 1 fully saturated rings. The third kappa shape index (κ3) is 6.28. The third-order valence-electron chi connectivity index (χ3n) is 2.62. The van der Waals surface area contributed by atoms with Crippen molar-refractivity contribution in [2.24, 2.45) is 0 Å². The first-order valence-electron chi connectivity index (χ1n) is 6.79. The van der Waals surface area contributed by atoms with Crippen LogP contribution in [-0.2, 0) is 9.31 Å². The highest BCUT2D eigenvalue weighted by Crippen LogP contribution is 2.36. The van der Waals surface area contributed by atoms with E-state index >= 15 is 0 Å². The van der Waals surface area contributed by atoms with Gasteiger partial charge in [-0.3, -0.25) is 0 Å². The third-order valence-corrected chi connectivity index (χ3v) is 2.62. The van der Waals surface area contributed by atoms with Crippen molar-refractivity contribution in [3.05, 3.63) is 12.1 Å². The lowest BCUT2D eigenvalue weighted by Crippen LogP contribution is -2.41. The molecule has 0 amide bonds. The second-order valence-electron chi connectivity index (χ2n) is 4.86. The smallest absolute Gasteiger partial charge is 0.400 e. The lowest BCUT2D eigenvalue weighted by Gasteiger charge is -2.32. The quantitative estimate of drug-likeness (QED) is 0.624. The van der Waals surface area contributed by atoms with Gasteiger partial charge in [0.1, 0.15) is 0 Å². The van der Waals surface area contributed by atoms with Gasteiger partial charge in [0, 0.05) is 0 Å². The molecule has 0 saturated carbocycles. The van der Waals surface area contributed by atoms with E-state index in [-0.39, 0.29) is 18.3 Å². The lowest BCUT2D eigenvalue weighted by atomic mass is 9.90. The summed E-state index contributed by atoms with van der Waals surface area (Å²) in [4.78, 5) is 0. The minimum absolute atomic E-state index is 0.181. The van der Waals surface area contributed by atoms with Crippen molar-refractivity contribution in [3.63, 3.8) is 0 Å². The zero-order valence-corrected chi connectivity index (χ0v) is 13.3. The maximum absolute atomic E-state index is 5.70. The topological polar surface area (TPSA) is 18.5 Å². The van der Waals surface area contributed by atoms with E-state index in [2.05, 4.69) is 41.5 Å². The Labute approximate surface area is 109 Å². The molecule has 1 aliphatic rings. The van der Waals surface area contributed by atoms with Gasteiger partial charge in [-0.15, -0.1) is 0 Å². The van der Waals surface area contributed by atoms with Gasteiger partial charge in [-0.05, 0) is 34.6 Å². The molecule has 0 aromatic heterocycles. The van der Waals surface area contributed by atoms with E-state index in [1.54, 1.807) is 0 Å². The average Bonchev–Trinajstić information content (AvgIpc) is 2.40. The SMILES string of the molecule is C/C=C/B1OC(C)(C)C(C)(C)O1.CC.CCC. The van der Waals surface area contributed by atoms with Crippen LogP contribution in [0.15, 0.2) is 12.1 Å². The molecule has 1 heterocycles. The molecule has 0 aromatic rings. The minimum atomic E-state index is -0.211. The zero-order valence-electron chi connectivity index (χ0n) is 13.3. The van der Waals surface area contributed by atoms with E-state index in [1.807, 2.05) is 32.8 Å². The van der Waals surface area contributed by atoms with Crippen LogP contribution in [0.4, 0.5) is 0 Å². The molecule has 0 radical (unpaired) electrons. The molecule has 17 heavy (non-hydrogen) atoms. The molecule has 0 aromatic carbocycles. The summed E-state index contributed by atoms with van der Waals surface area (Å²) in [7, 11) is -0.181. The molecule has 1 aliphatic heterocycles. The largest absolute Gasteiger partial charge is 0.486 e. The Kier molecular flexibility index (Phi) is 9.83. The van der Waals surface area contributed by atoms with Crippen LogP contribution < -0.4 is 0 Å². The van der Waals surface area contributed by atoms with Crippen LogP contribution in [-0.4, -0.2) is 18.3 Å². The van der Waals surface area contributed by atoms with Crippen LogP contribution in [0.1, 0.15) is 68.7 Å². The molecule has 0 unspecified atom stereocenters. The fourth-order valence-corrected chi connectivity index (χ4v) is 1.12. The molecule has 1 rings (SSSR count). The highest BCUT2D eigenvalue weighted by atomic mass is 16.7. The molecule has 0 aliphatic carbocycles. The van der Waals surface area contributed by atoms with Gasteiger partial charge < -0.3 is 9.31 Å². The molecule has 0 atom stereocenters. The van der Waals surface area contributed by atoms with Crippen LogP contribution in [0.5, 0.6) is 0 Å². The van der Waals surface area contributed by atoms with Crippen LogP contribution in [0.2, 0.25) is 0 Å². The Hall–Kier alpha value is -0.275. The molecule has 2 nitrogen and oxygen atoms in total. The molecule has 102 valence electrons. The predicted molar refractivity (Wildman–Crippen MR) is 78.2 cm³/mol. The van der Waals surface area contributed by atoms with Crippen molar-refractivity contribution < 1.29 is 9.31 Å². The van der Waals surface area contributed by atoms with Gasteiger partial charge in [-0.2, -0.15) is 0 Å². The average molecular weight is 242 g/mol. The van der Waals surface area contributed by atoms with Gasteiger partial charge in [-0.1, -0.05) is 46.2 Å². The van der Waals surface area contributed by atoms with Crippen LogP contribution >= 0.6 is 0 Å². The van der Waals surface area contributed by atoms with E-state index in [1.165, 1.54) is 6.42 Å². The maximum atomic E-state index is 5.70. The lowest BCUT2D eigenvalue weighted by molar-refractivity contribution is 0.00578. The first-order chi connectivity index (χ1) is 7.80. The zero-order chi connectivity index (χ0) is 14.1. The Morgan fingerprint density at radius 2 is 1.24 bits per heavy atom. The van der Waals surface area contributed by atoms with Gasteiger partial charge >= 0.3 is 7.12 Å². The standard InChI is InChI=1S/C9H17BO2.C3H8.C2H6/c1-6-7-10-11-8(2,3)9(4,5)12-10;1-3-2;1-2/h6-7H,1-5H3;3H2,1-2H3;1-2H3/b7-6+;;. The van der Waals surface area contributed by atoms with Crippen LogP contribution in [0.3, 0.4) is 0 Å². The number of rotatable bonds is 1. The minimum Gasteiger partial charge on any atom is -0.400 e. The summed E-state index contributed by atoms with van der Waals surface area (Å²) in [6, 6.07) is 0. The van der Waals surface area contributed by atoms with E-state index in [4.69, 9.17) is 9.31 Å². The summed E-state index contributed by atoms with van der Waals surface area (Å²) >= 11 is 0. The summed E-state index contributed by atoms with van der Waals surface area (Å²) < 4.78 is 11.4. The van der Waals surface area contributed by atoms with Gasteiger partial charge in [0.15, 0.2) is 0 Å². The molecule has 0 spiro atoms. The highest BCUT2D eigenvalue weighted by Gasteiger charge is 2.49. The Bertz CT molecular complexity index is 194.